The molecule has 4 nitrogen and oxygen atoms in total. The maximum atomic E-state index is 9.71. The fourth-order valence-corrected chi connectivity index (χ4v) is 3.01. The summed E-state index contributed by atoms with van der Waals surface area (Å²) in [5, 5.41) is 14.1. The van der Waals surface area contributed by atoms with Crippen molar-refractivity contribution in [2.24, 2.45) is 24.1 Å². The lowest BCUT2D eigenvalue weighted by molar-refractivity contribution is 0.107. The van der Waals surface area contributed by atoms with Crippen LogP contribution in [0, 0.1) is 18.3 Å². The first kappa shape index (κ1) is 13.1. The molecule has 3 N–H and O–H groups in total. The highest BCUT2D eigenvalue weighted by atomic mass is 79.9. The Labute approximate surface area is 110 Å². The van der Waals surface area contributed by atoms with E-state index in [1.807, 2.05) is 18.7 Å². The summed E-state index contributed by atoms with van der Waals surface area (Å²) in [6.07, 6.45) is 3.17. The molecule has 1 saturated carbocycles. The Kier molecular flexibility index (Phi) is 3.61. The van der Waals surface area contributed by atoms with Gasteiger partial charge in [0.1, 0.15) is 0 Å². The summed E-state index contributed by atoms with van der Waals surface area (Å²) in [6, 6.07) is 0. The number of hydrogen-bond acceptors (Lipinski definition) is 3. The first-order valence-corrected chi connectivity index (χ1v) is 6.82. The molecule has 1 fully saturated rings. The fourth-order valence-electron chi connectivity index (χ4n) is 2.53. The Balaban J connectivity index is 2.28. The van der Waals surface area contributed by atoms with Crippen LogP contribution in [0.1, 0.15) is 24.2 Å². The molecule has 0 aromatic carbocycles. The van der Waals surface area contributed by atoms with Gasteiger partial charge in [-0.2, -0.15) is 5.10 Å². The SMILES string of the molecule is Cc1nn(C)c(CC(CN)(CO)C2CC2)c1Br. The third kappa shape index (κ3) is 2.28. The van der Waals surface area contributed by atoms with E-state index < -0.39 is 0 Å². The molecule has 0 saturated heterocycles. The van der Waals surface area contributed by atoms with E-state index in [0.29, 0.717) is 12.5 Å². The quantitative estimate of drug-likeness (QED) is 0.864. The van der Waals surface area contributed by atoms with Crippen LogP contribution in [0.25, 0.3) is 0 Å². The predicted molar refractivity (Wildman–Crippen MR) is 70.6 cm³/mol. The summed E-state index contributed by atoms with van der Waals surface area (Å²) in [6.45, 7) is 2.67. The lowest BCUT2D eigenvalue weighted by Gasteiger charge is -2.30. The van der Waals surface area contributed by atoms with E-state index >= 15 is 0 Å². The molecular formula is C12H20BrN3O. The van der Waals surface area contributed by atoms with Gasteiger partial charge in [0.25, 0.3) is 0 Å². The molecule has 0 radical (unpaired) electrons. The van der Waals surface area contributed by atoms with Crippen molar-refractivity contribution in [2.75, 3.05) is 13.2 Å². The van der Waals surface area contributed by atoms with Gasteiger partial charge in [0.15, 0.2) is 0 Å². The Morgan fingerprint density at radius 3 is 2.59 bits per heavy atom. The van der Waals surface area contributed by atoms with Crippen LogP contribution in [0.3, 0.4) is 0 Å². The van der Waals surface area contributed by atoms with Crippen molar-refractivity contribution >= 4 is 15.9 Å². The number of aryl methyl sites for hydroxylation is 2. The van der Waals surface area contributed by atoms with Gasteiger partial charge in [-0.1, -0.05) is 0 Å². The molecule has 0 amide bonds. The molecule has 1 aromatic heterocycles. The Morgan fingerprint density at radius 2 is 2.24 bits per heavy atom. The van der Waals surface area contributed by atoms with Crippen molar-refractivity contribution in [3.05, 3.63) is 15.9 Å². The third-order valence-corrected chi connectivity index (χ3v) is 4.98. The zero-order valence-electron chi connectivity index (χ0n) is 10.4. The van der Waals surface area contributed by atoms with Crippen LogP contribution in [0.4, 0.5) is 0 Å². The van der Waals surface area contributed by atoms with Gasteiger partial charge in [-0.25, -0.2) is 0 Å². The zero-order valence-corrected chi connectivity index (χ0v) is 12.0. The molecule has 0 spiro atoms. The van der Waals surface area contributed by atoms with Crippen molar-refractivity contribution in [3.63, 3.8) is 0 Å². The molecule has 1 aliphatic carbocycles. The Bertz CT molecular complexity index is 408. The molecule has 1 heterocycles. The molecule has 2 rings (SSSR count). The average molecular weight is 302 g/mol. The lowest BCUT2D eigenvalue weighted by atomic mass is 9.79. The van der Waals surface area contributed by atoms with Crippen molar-refractivity contribution < 1.29 is 5.11 Å². The topological polar surface area (TPSA) is 64.1 Å². The third-order valence-electron chi connectivity index (χ3n) is 3.95. The predicted octanol–water partition coefficient (Wildman–Crippen LogP) is 1.38. The molecule has 17 heavy (non-hydrogen) atoms. The van der Waals surface area contributed by atoms with E-state index in [4.69, 9.17) is 5.73 Å². The van der Waals surface area contributed by atoms with Gasteiger partial charge in [-0.3, -0.25) is 4.68 Å². The van der Waals surface area contributed by atoms with E-state index in [1.54, 1.807) is 0 Å². The fraction of sp³-hybridized carbons (Fsp3) is 0.750. The molecule has 5 heteroatoms. The van der Waals surface area contributed by atoms with Crippen LogP contribution in [0.15, 0.2) is 4.47 Å². The molecule has 1 aliphatic rings. The second-order valence-electron chi connectivity index (χ2n) is 5.15. The minimum absolute atomic E-state index is 0.158. The van der Waals surface area contributed by atoms with Gasteiger partial charge in [0.2, 0.25) is 0 Å². The molecule has 0 bridgehead atoms. The number of halogens is 1. The monoisotopic (exact) mass is 301 g/mol. The highest BCUT2D eigenvalue weighted by Crippen LogP contribution is 2.47. The van der Waals surface area contributed by atoms with Crippen LogP contribution in [-0.4, -0.2) is 28.0 Å². The van der Waals surface area contributed by atoms with Gasteiger partial charge in [-0.15, -0.1) is 0 Å². The summed E-state index contributed by atoms with van der Waals surface area (Å²) in [5.74, 6) is 0.569. The van der Waals surface area contributed by atoms with Gasteiger partial charge in [0.05, 0.1) is 22.5 Å². The highest BCUT2D eigenvalue weighted by molar-refractivity contribution is 9.10. The van der Waals surface area contributed by atoms with E-state index in [2.05, 4.69) is 21.0 Å². The van der Waals surface area contributed by atoms with Gasteiger partial charge in [0, 0.05) is 19.0 Å². The van der Waals surface area contributed by atoms with E-state index in [1.165, 1.54) is 12.8 Å². The van der Waals surface area contributed by atoms with Crippen molar-refractivity contribution in [1.29, 1.82) is 0 Å². The zero-order chi connectivity index (χ0) is 12.6. The van der Waals surface area contributed by atoms with Crippen LogP contribution in [0.2, 0.25) is 0 Å². The van der Waals surface area contributed by atoms with E-state index in [0.717, 1.165) is 22.3 Å². The first-order valence-electron chi connectivity index (χ1n) is 6.03. The number of aromatic nitrogens is 2. The lowest BCUT2D eigenvalue weighted by Crippen LogP contribution is -2.39. The van der Waals surface area contributed by atoms with E-state index in [9.17, 15) is 5.11 Å². The summed E-state index contributed by atoms with van der Waals surface area (Å²) >= 11 is 3.58. The van der Waals surface area contributed by atoms with Crippen LogP contribution >= 0.6 is 15.9 Å². The summed E-state index contributed by atoms with van der Waals surface area (Å²) in [7, 11) is 1.94. The number of nitrogens with two attached hydrogens (primary N) is 1. The largest absolute Gasteiger partial charge is 0.396 e. The second-order valence-corrected chi connectivity index (χ2v) is 5.94. The minimum atomic E-state index is -0.164. The van der Waals surface area contributed by atoms with Gasteiger partial charge < -0.3 is 10.8 Å². The summed E-state index contributed by atoms with van der Waals surface area (Å²) in [5.41, 5.74) is 7.87. The smallest absolute Gasteiger partial charge is 0.0738 e. The molecule has 1 aromatic rings. The van der Waals surface area contributed by atoms with Crippen molar-refractivity contribution in [1.82, 2.24) is 9.78 Å². The summed E-state index contributed by atoms with van der Waals surface area (Å²) in [4.78, 5) is 0. The number of hydrogen-bond donors (Lipinski definition) is 2. The van der Waals surface area contributed by atoms with Crippen LogP contribution in [-0.2, 0) is 13.5 Å². The first-order chi connectivity index (χ1) is 8.04. The average Bonchev–Trinajstić information content (AvgIpc) is 3.11. The standard InChI is InChI=1S/C12H20BrN3O/c1-8-11(13)10(16(2)15-8)5-12(6-14,7-17)9-3-4-9/h9,17H,3-7,14H2,1-2H3. The van der Waals surface area contributed by atoms with Gasteiger partial charge >= 0.3 is 0 Å². The normalized spacial score (nSPS) is 19.4. The second kappa shape index (κ2) is 4.71. The number of nitrogens with zero attached hydrogens (tertiary/aromatic N) is 2. The highest BCUT2D eigenvalue weighted by Gasteiger charge is 2.44. The molecule has 0 aliphatic heterocycles. The van der Waals surface area contributed by atoms with Crippen molar-refractivity contribution in [2.45, 2.75) is 26.2 Å². The van der Waals surface area contributed by atoms with Crippen LogP contribution in [0.5, 0.6) is 0 Å². The van der Waals surface area contributed by atoms with Gasteiger partial charge in [-0.05, 0) is 48.0 Å². The molecular weight excluding hydrogens is 282 g/mol. The maximum absolute atomic E-state index is 9.71. The van der Waals surface area contributed by atoms with E-state index in [-0.39, 0.29) is 12.0 Å². The number of rotatable bonds is 5. The maximum Gasteiger partial charge on any atom is 0.0738 e. The Morgan fingerprint density at radius 1 is 1.59 bits per heavy atom. The summed E-state index contributed by atoms with van der Waals surface area (Å²) < 4.78 is 2.94. The Hall–Kier alpha value is -0.390. The molecule has 96 valence electrons. The molecule has 1 unspecified atom stereocenters. The number of aliphatic hydroxyl groups excluding tert-OH is 1. The minimum Gasteiger partial charge on any atom is -0.396 e. The molecule has 1 atom stereocenters. The van der Waals surface area contributed by atoms with Crippen molar-refractivity contribution in [3.8, 4) is 0 Å². The van der Waals surface area contributed by atoms with Crippen LogP contribution < -0.4 is 5.73 Å². The number of aliphatic hydroxyl groups is 1.